The highest BCUT2D eigenvalue weighted by atomic mass is 16.4. The van der Waals surface area contributed by atoms with E-state index in [2.05, 4.69) is 10.6 Å². The van der Waals surface area contributed by atoms with Gasteiger partial charge in [0.15, 0.2) is 0 Å². The molecule has 5 heteroatoms. The molecule has 0 fully saturated rings. The maximum absolute atomic E-state index is 12.1. The summed E-state index contributed by atoms with van der Waals surface area (Å²) in [4.78, 5) is 23.3. The molecule has 0 unspecified atom stereocenters. The molecule has 5 nitrogen and oxygen atoms in total. The fourth-order valence-corrected chi connectivity index (χ4v) is 2.34. The van der Waals surface area contributed by atoms with Gasteiger partial charge in [-0.3, -0.25) is 4.79 Å². The lowest BCUT2D eigenvalue weighted by Crippen LogP contribution is -2.40. The van der Waals surface area contributed by atoms with Crippen LogP contribution in [0.2, 0.25) is 0 Å². The van der Waals surface area contributed by atoms with E-state index >= 15 is 0 Å². The van der Waals surface area contributed by atoms with Crippen LogP contribution in [0.1, 0.15) is 47.7 Å². The molecule has 0 bridgehead atoms. The lowest BCUT2D eigenvalue weighted by molar-refractivity contribution is -0.139. The first kappa shape index (κ1) is 14.5. The van der Waals surface area contributed by atoms with E-state index in [-0.39, 0.29) is 5.91 Å². The highest BCUT2D eigenvalue weighted by Gasteiger charge is 2.21. The summed E-state index contributed by atoms with van der Waals surface area (Å²) in [6.45, 7) is 3.58. The fraction of sp³-hybridized carbons (Fsp3) is 0.467. The van der Waals surface area contributed by atoms with Crippen molar-refractivity contribution in [3.8, 4) is 0 Å². The van der Waals surface area contributed by atoms with Gasteiger partial charge >= 0.3 is 5.97 Å². The van der Waals surface area contributed by atoms with Crippen molar-refractivity contribution in [2.24, 2.45) is 0 Å². The highest BCUT2D eigenvalue weighted by Crippen LogP contribution is 2.17. The molecule has 0 aliphatic carbocycles. The molecule has 3 N–H and O–H groups in total. The van der Waals surface area contributed by atoms with Crippen molar-refractivity contribution in [1.82, 2.24) is 10.6 Å². The third-order valence-corrected chi connectivity index (χ3v) is 3.55. The van der Waals surface area contributed by atoms with E-state index in [4.69, 9.17) is 5.11 Å². The Bertz CT molecular complexity index is 514. The van der Waals surface area contributed by atoms with E-state index < -0.39 is 12.0 Å². The Balaban J connectivity index is 2.04. The van der Waals surface area contributed by atoms with Gasteiger partial charge in [0, 0.05) is 18.7 Å². The maximum atomic E-state index is 12.1. The summed E-state index contributed by atoms with van der Waals surface area (Å²) in [6.07, 6.45) is 2.15. The second-order valence-electron chi connectivity index (χ2n) is 5.09. The molecule has 108 valence electrons. The number of benzene rings is 1. The zero-order valence-electron chi connectivity index (χ0n) is 11.6. The number of aliphatic carboxylic acids is 1. The second-order valence-corrected chi connectivity index (χ2v) is 5.09. The van der Waals surface area contributed by atoms with Crippen LogP contribution in [0.15, 0.2) is 18.2 Å². The normalized spacial score (nSPS) is 14.7. The molecule has 0 radical (unpaired) electrons. The van der Waals surface area contributed by atoms with Crippen LogP contribution in [0, 0.1) is 0 Å². The summed E-state index contributed by atoms with van der Waals surface area (Å²) in [5.74, 6) is -1.29. The van der Waals surface area contributed by atoms with Gasteiger partial charge in [-0.15, -0.1) is 0 Å². The van der Waals surface area contributed by atoms with Crippen molar-refractivity contribution >= 4 is 11.9 Å². The summed E-state index contributed by atoms with van der Waals surface area (Å²) in [5.41, 5.74) is 2.83. The van der Waals surface area contributed by atoms with Gasteiger partial charge < -0.3 is 15.7 Å². The van der Waals surface area contributed by atoms with Crippen molar-refractivity contribution < 1.29 is 14.7 Å². The van der Waals surface area contributed by atoms with Crippen LogP contribution in [0.3, 0.4) is 0 Å². The number of carboxylic acids is 1. The quantitative estimate of drug-likeness (QED) is 0.738. The number of nitrogens with one attached hydrogen (secondary N) is 2. The molecular weight excluding hydrogens is 256 g/mol. The Morgan fingerprint density at radius 2 is 2.10 bits per heavy atom. The first-order valence-electron chi connectivity index (χ1n) is 6.98. The van der Waals surface area contributed by atoms with E-state index in [1.54, 1.807) is 6.07 Å². The van der Waals surface area contributed by atoms with Crippen molar-refractivity contribution in [3.05, 3.63) is 34.9 Å². The highest BCUT2D eigenvalue weighted by molar-refractivity contribution is 5.96. The SMILES string of the molecule is CCCC[C@H](NC(=O)c1ccc2c(c1)CNC2)C(=O)O. The molecule has 1 aromatic rings. The molecule has 0 spiro atoms. The first-order valence-corrected chi connectivity index (χ1v) is 6.98. The third-order valence-electron chi connectivity index (χ3n) is 3.55. The molecule has 0 aromatic heterocycles. The second kappa shape index (κ2) is 6.52. The minimum atomic E-state index is -0.977. The number of carbonyl (C=O) groups is 2. The topological polar surface area (TPSA) is 78.4 Å². The maximum Gasteiger partial charge on any atom is 0.326 e. The van der Waals surface area contributed by atoms with Crippen LogP contribution in [0.4, 0.5) is 0 Å². The summed E-state index contributed by atoms with van der Waals surface area (Å²) >= 11 is 0. The number of hydrogen-bond donors (Lipinski definition) is 3. The zero-order chi connectivity index (χ0) is 14.5. The monoisotopic (exact) mass is 276 g/mol. The number of hydrogen-bond acceptors (Lipinski definition) is 3. The van der Waals surface area contributed by atoms with Crippen LogP contribution in [-0.2, 0) is 17.9 Å². The van der Waals surface area contributed by atoms with Crippen LogP contribution in [0.5, 0.6) is 0 Å². The van der Waals surface area contributed by atoms with E-state index in [1.807, 2.05) is 19.1 Å². The molecular formula is C15H20N2O3. The lowest BCUT2D eigenvalue weighted by atomic mass is 10.0. The zero-order valence-corrected chi connectivity index (χ0v) is 11.6. The molecule has 0 saturated carbocycles. The summed E-state index contributed by atoms with van der Waals surface area (Å²) in [6, 6.07) is 4.70. The lowest BCUT2D eigenvalue weighted by Gasteiger charge is -2.14. The van der Waals surface area contributed by atoms with Gasteiger partial charge in [0.1, 0.15) is 6.04 Å². The van der Waals surface area contributed by atoms with Crippen LogP contribution < -0.4 is 10.6 Å². The van der Waals surface area contributed by atoms with Gasteiger partial charge in [0.25, 0.3) is 5.91 Å². The van der Waals surface area contributed by atoms with E-state index in [1.165, 1.54) is 5.56 Å². The molecule has 1 atom stereocenters. The van der Waals surface area contributed by atoms with E-state index in [9.17, 15) is 9.59 Å². The van der Waals surface area contributed by atoms with Crippen LogP contribution in [-0.4, -0.2) is 23.0 Å². The Morgan fingerprint density at radius 3 is 2.80 bits per heavy atom. The Hall–Kier alpha value is -1.88. The third kappa shape index (κ3) is 3.36. The number of rotatable bonds is 6. The molecule has 1 aliphatic rings. The summed E-state index contributed by atoms with van der Waals surface area (Å²) < 4.78 is 0. The van der Waals surface area contributed by atoms with Gasteiger partial charge in [0.2, 0.25) is 0 Å². The van der Waals surface area contributed by atoms with Gasteiger partial charge in [0.05, 0.1) is 0 Å². The average Bonchev–Trinajstić information content (AvgIpc) is 2.90. The van der Waals surface area contributed by atoms with Gasteiger partial charge in [-0.2, -0.15) is 0 Å². The molecule has 1 aromatic carbocycles. The first-order chi connectivity index (χ1) is 9.61. The number of amides is 1. The molecule has 0 saturated heterocycles. The van der Waals surface area contributed by atoms with Crippen molar-refractivity contribution in [1.29, 1.82) is 0 Å². The van der Waals surface area contributed by atoms with Crippen LogP contribution >= 0.6 is 0 Å². The predicted octanol–water partition coefficient (Wildman–Crippen LogP) is 1.66. The van der Waals surface area contributed by atoms with Crippen LogP contribution in [0.25, 0.3) is 0 Å². The standard InChI is InChI=1S/C15H20N2O3/c1-2-3-4-13(15(19)20)17-14(18)10-5-6-11-8-16-9-12(11)7-10/h5-7,13,16H,2-4,8-9H2,1H3,(H,17,18)(H,19,20)/t13-/m0/s1. The Kier molecular flexibility index (Phi) is 4.74. The van der Waals surface area contributed by atoms with Gasteiger partial charge in [-0.05, 0) is 29.7 Å². The Labute approximate surface area is 118 Å². The summed E-state index contributed by atoms with van der Waals surface area (Å²) in [5, 5.41) is 14.9. The summed E-state index contributed by atoms with van der Waals surface area (Å²) in [7, 11) is 0. The minimum Gasteiger partial charge on any atom is -0.480 e. The van der Waals surface area contributed by atoms with Crippen molar-refractivity contribution in [2.75, 3.05) is 0 Å². The smallest absolute Gasteiger partial charge is 0.326 e. The molecule has 1 heterocycles. The number of unbranched alkanes of at least 4 members (excludes halogenated alkanes) is 1. The number of carboxylic acid groups (broad SMARTS) is 1. The number of fused-ring (bicyclic) bond motifs is 1. The predicted molar refractivity (Wildman–Crippen MR) is 75.4 cm³/mol. The minimum absolute atomic E-state index is 0.316. The van der Waals surface area contributed by atoms with E-state index in [0.717, 1.165) is 31.5 Å². The number of carbonyl (C=O) groups excluding carboxylic acids is 1. The fourth-order valence-electron chi connectivity index (χ4n) is 2.34. The van der Waals surface area contributed by atoms with Crippen molar-refractivity contribution in [3.63, 3.8) is 0 Å². The van der Waals surface area contributed by atoms with Gasteiger partial charge in [-0.25, -0.2) is 4.79 Å². The average molecular weight is 276 g/mol. The Morgan fingerprint density at radius 1 is 1.35 bits per heavy atom. The molecule has 20 heavy (non-hydrogen) atoms. The largest absolute Gasteiger partial charge is 0.480 e. The van der Waals surface area contributed by atoms with Gasteiger partial charge in [-0.1, -0.05) is 25.8 Å². The van der Waals surface area contributed by atoms with E-state index in [0.29, 0.717) is 12.0 Å². The molecule has 2 rings (SSSR count). The molecule has 1 amide bonds. The van der Waals surface area contributed by atoms with Crippen molar-refractivity contribution in [2.45, 2.75) is 45.3 Å². The molecule has 1 aliphatic heterocycles.